The lowest BCUT2D eigenvalue weighted by Crippen LogP contribution is -2.55. The van der Waals surface area contributed by atoms with Crippen molar-refractivity contribution in [2.75, 3.05) is 20.0 Å². The van der Waals surface area contributed by atoms with E-state index in [9.17, 15) is 28.9 Å². The van der Waals surface area contributed by atoms with Crippen LogP contribution >= 0.6 is 0 Å². The molecule has 2 rings (SSSR count). The first kappa shape index (κ1) is 17.4. The second kappa shape index (κ2) is 5.62. The Kier molecular flexibility index (Phi) is 4.46. The minimum atomic E-state index is -2.81. The fourth-order valence-electron chi connectivity index (χ4n) is 2.55. The van der Waals surface area contributed by atoms with Gasteiger partial charge in [0.1, 0.15) is 25.6 Å². The first-order chi connectivity index (χ1) is 10.1. The number of aliphatic hydroxyl groups is 2. The minimum absolute atomic E-state index is 0.720. The van der Waals surface area contributed by atoms with E-state index in [0.717, 1.165) is 0 Å². The molecule has 2 aliphatic rings. The van der Waals surface area contributed by atoms with Crippen molar-refractivity contribution < 1.29 is 47.8 Å². The molecule has 2 heterocycles. The van der Waals surface area contributed by atoms with E-state index in [2.05, 4.69) is 0 Å². The van der Waals surface area contributed by atoms with Gasteiger partial charge in [0.05, 0.1) is 6.61 Å². The number of hydrogen-bond donors (Lipinski definition) is 3. The van der Waals surface area contributed by atoms with Gasteiger partial charge in [0.2, 0.25) is 5.79 Å². The average molecular weight is 328 g/mol. The van der Waals surface area contributed by atoms with Gasteiger partial charge in [0.25, 0.3) is 5.79 Å². The Bertz CT molecular complexity index is 441. The molecule has 0 aromatic rings. The highest BCUT2D eigenvalue weighted by Crippen LogP contribution is 2.42. The van der Waals surface area contributed by atoms with Crippen LogP contribution in [0.2, 0.25) is 0 Å². The molecular formula is C12H18F2O8. The van der Waals surface area contributed by atoms with Crippen LogP contribution in [0.5, 0.6) is 0 Å². The third-order valence-electron chi connectivity index (χ3n) is 3.47. The third kappa shape index (κ3) is 2.70. The van der Waals surface area contributed by atoms with Gasteiger partial charge in [0, 0.05) is 0 Å². The van der Waals surface area contributed by atoms with Crippen molar-refractivity contribution in [3.8, 4) is 0 Å². The Morgan fingerprint density at radius 3 is 2.23 bits per heavy atom. The van der Waals surface area contributed by atoms with E-state index >= 15 is 0 Å². The molecule has 0 amide bonds. The molecule has 0 radical (unpaired) electrons. The van der Waals surface area contributed by atoms with Gasteiger partial charge in [-0.05, 0) is 13.8 Å². The van der Waals surface area contributed by atoms with Crippen LogP contribution < -0.4 is 0 Å². The van der Waals surface area contributed by atoms with Crippen LogP contribution in [-0.4, -0.2) is 76.9 Å². The molecule has 2 fully saturated rings. The van der Waals surface area contributed by atoms with Gasteiger partial charge in [-0.3, -0.25) is 0 Å². The smallest absolute Gasteiger partial charge is 0.367 e. The maximum atomic E-state index is 13.0. The minimum Gasteiger partial charge on any atom is -0.477 e. The number of halogens is 2. The Morgan fingerprint density at radius 1 is 1.18 bits per heavy atom. The van der Waals surface area contributed by atoms with Crippen LogP contribution in [0, 0.1) is 0 Å². The van der Waals surface area contributed by atoms with Crippen molar-refractivity contribution >= 4 is 5.97 Å². The number of hydrogen-bond acceptors (Lipinski definition) is 7. The zero-order chi connectivity index (χ0) is 16.8. The Labute approximate surface area is 124 Å². The summed E-state index contributed by atoms with van der Waals surface area (Å²) >= 11 is 0. The van der Waals surface area contributed by atoms with E-state index in [0.29, 0.717) is 0 Å². The van der Waals surface area contributed by atoms with Crippen molar-refractivity contribution in [2.45, 2.75) is 49.5 Å². The maximum absolute atomic E-state index is 13.0. The number of aliphatic hydroxyl groups excluding tert-OH is 1. The zero-order valence-electron chi connectivity index (χ0n) is 12.0. The summed E-state index contributed by atoms with van der Waals surface area (Å²) in [5, 5.41) is 28.7. The Morgan fingerprint density at radius 2 is 1.77 bits per heavy atom. The topological polar surface area (TPSA) is 115 Å². The molecule has 4 atom stereocenters. The van der Waals surface area contributed by atoms with Crippen LogP contribution in [0.15, 0.2) is 0 Å². The molecule has 128 valence electrons. The molecule has 0 spiro atoms. The van der Waals surface area contributed by atoms with Gasteiger partial charge in [-0.1, -0.05) is 0 Å². The monoisotopic (exact) mass is 328 g/mol. The standard InChI is InChI=1S/C12H18F2O8/c1-10(2)21-8(12(18,22-10)9(16)17)7-6(3-15)19-11(4-13,5-14)20-7/h6-8,15,18H,3-5H2,1-2H3,(H,16,17)/t6-,7-,8+,12-/m1/s1. The van der Waals surface area contributed by atoms with Crippen molar-refractivity contribution in [1.82, 2.24) is 0 Å². The van der Waals surface area contributed by atoms with E-state index in [1.807, 2.05) is 0 Å². The Hall–Kier alpha value is -0.910. The van der Waals surface area contributed by atoms with E-state index in [1.54, 1.807) is 0 Å². The number of carboxylic acid groups (broad SMARTS) is 1. The molecular weight excluding hydrogens is 310 g/mol. The highest BCUT2D eigenvalue weighted by atomic mass is 19.1. The van der Waals surface area contributed by atoms with Gasteiger partial charge in [-0.2, -0.15) is 0 Å². The van der Waals surface area contributed by atoms with Crippen molar-refractivity contribution in [1.29, 1.82) is 0 Å². The lowest BCUT2D eigenvalue weighted by atomic mass is 10.0. The SMILES string of the molecule is CC1(C)O[C@@H]([C@@H]2OC(CF)(CF)O[C@@H]2CO)[C@](O)(C(=O)O)O1. The predicted molar refractivity (Wildman–Crippen MR) is 64.1 cm³/mol. The van der Waals surface area contributed by atoms with Crippen LogP contribution in [0.1, 0.15) is 13.8 Å². The quantitative estimate of drug-likeness (QED) is 0.608. The van der Waals surface area contributed by atoms with Gasteiger partial charge < -0.3 is 34.3 Å². The van der Waals surface area contributed by atoms with E-state index in [1.165, 1.54) is 13.8 Å². The fourth-order valence-corrected chi connectivity index (χ4v) is 2.55. The van der Waals surface area contributed by atoms with Crippen LogP contribution in [0.25, 0.3) is 0 Å². The molecule has 8 nitrogen and oxygen atoms in total. The average Bonchev–Trinajstić information content (AvgIpc) is 2.94. The Balaban J connectivity index is 2.34. The highest BCUT2D eigenvalue weighted by Gasteiger charge is 2.65. The number of aliphatic carboxylic acids is 1. The van der Waals surface area contributed by atoms with Crippen molar-refractivity contribution in [3.63, 3.8) is 0 Å². The van der Waals surface area contributed by atoms with Crippen molar-refractivity contribution in [2.24, 2.45) is 0 Å². The molecule has 0 saturated carbocycles. The van der Waals surface area contributed by atoms with E-state index in [-0.39, 0.29) is 0 Å². The summed E-state index contributed by atoms with van der Waals surface area (Å²) in [6, 6.07) is 0. The third-order valence-corrected chi connectivity index (χ3v) is 3.47. The summed E-state index contributed by atoms with van der Waals surface area (Å²) in [5.41, 5.74) is 0. The van der Waals surface area contributed by atoms with E-state index in [4.69, 9.17) is 18.9 Å². The maximum Gasteiger partial charge on any atom is 0.367 e. The molecule has 0 aromatic heterocycles. The molecule has 3 N–H and O–H groups in total. The molecule has 10 heteroatoms. The summed E-state index contributed by atoms with van der Waals surface area (Å²) in [5.74, 6) is -8.33. The number of carbonyl (C=O) groups is 1. The first-order valence-corrected chi connectivity index (χ1v) is 6.55. The van der Waals surface area contributed by atoms with Gasteiger partial charge in [-0.15, -0.1) is 0 Å². The van der Waals surface area contributed by atoms with Gasteiger partial charge >= 0.3 is 5.97 Å². The number of ether oxygens (including phenoxy) is 4. The largest absolute Gasteiger partial charge is 0.477 e. The second-order valence-electron chi connectivity index (χ2n) is 5.64. The summed E-state index contributed by atoms with van der Waals surface area (Å²) in [6.07, 6.45) is -4.39. The first-order valence-electron chi connectivity index (χ1n) is 6.55. The number of rotatable bonds is 5. The zero-order valence-corrected chi connectivity index (χ0v) is 12.0. The summed E-state index contributed by atoms with van der Waals surface area (Å²) in [6.45, 7) is -0.745. The van der Waals surface area contributed by atoms with Crippen molar-refractivity contribution in [3.05, 3.63) is 0 Å². The lowest BCUT2D eigenvalue weighted by Gasteiger charge is -2.28. The summed E-state index contributed by atoms with van der Waals surface area (Å²) < 4.78 is 46.4. The molecule has 2 aliphatic heterocycles. The second-order valence-corrected chi connectivity index (χ2v) is 5.64. The number of alkyl halides is 2. The van der Waals surface area contributed by atoms with Crippen LogP contribution in [0.3, 0.4) is 0 Å². The summed E-state index contributed by atoms with van der Waals surface area (Å²) in [4.78, 5) is 11.3. The molecule has 0 aliphatic carbocycles. The molecule has 22 heavy (non-hydrogen) atoms. The lowest BCUT2D eigenvalue weighted by molar-refractivity contribution is -0.244. The van der Waals surface area contributed by atoms with Crippen LogP contribution in [0.4, 0.5) is 8.78 Å². The molecule has 0 bridgehead atoms. The highest BCUT2D eigenvalue weighted by molar-refractivity contribution is 5.76. The predicted octanol–water partition coefficient (Wildman–Crippen LogP) is -0.677. The number of carboxylic acids is 1. The van der Waals surface area contributed by atoms with Gasteiger partial charge in [-0.25, -0.2) is 13.6 Å². The van der Waals surface area contributed by atoms with E-state index < -0.39 is 61.6 Å². The summed E-state index contributed by atoms with van der Waals surface area (Å²) in [7, 11) is 0. The molecule has 0 unspecified atom stereocenters. The normalized spacial score (nSPS) is 40.0. The van der Waals surface area contributed by atoms with Gasteiger partial charge in [0.15, 0.2) is 11.9 Å². The van der Waals surface area contributed by atoms with Crippen LogP contribution in [-0.2, 0) is 23.7 Å². The molecule has 0 aromatic carbocycles. The molecule has 2 saturated heterocycles. The fraction of sp³-hybridized carbons (Fsp3) is 0.917.